The Labute approximate surface area is 124 Å². The molecule has 1 N–H and O–H groups in total. The van der Waals surface area contributed by atoms with Crippen molar-refractivity contribution in [3.8, 4) is 0 Å². The maximum Gasteiger partial charge on any atom is 0.328 e. The van der Waals surface area contributed by atoms with Crippen molar-refractivity contribution < 1.29 is 14.7 Å². The molecule has 1 saturated heterocycles. The van der Waals surface area contributed by atoms with Gasteiger partial charge in [0.2, 0.25) is 0 Å². The van der Waals surface area contributed by atoms with Crippen LogP contribution >= 0.6 is 0 Å². The van der Waals surface area contributed by atoms with E-state index in [1.165, 1.54) is 6.42 Å². The highest BCUT2D eigenvalue weighted by Gasteiger charge is 2.40. The number of carboxylic acids is 1. The van der Waals surface area contributed by atoms with Crippen LogP contribution in [0.2, 0.25) is 0 Å². The Morgan fingerprint density at radius 3 is 2.76 bits per heavy atom. The number of carbonyl (C=O) groups is 2. The van der Waals surface area contributed by atoms with E-state index in [9.17, 15) is 9.59 Å². The van der Waals surface area contributed by atoms with Crippen molar-refractivity contribution in [2.45, 2.75) is 32.2 Å². The summed E-state index contributed by atoms with van der Waals surface area (Å²) in [4.78, 5) is 25.3. The van der Waals surface area contributed by atoms with E-state index in [-0.39, 0.29) is 5.91 Å². The highest BCUT2D eigenvalue weighted by atomic mass is 16.4. The molecule has 110 valence electrons. The largest absolute Gasteiger partial charge is 0.478 e. The lowest BCUT2D eigenvalue weighted by Gasteiger charge is -2.27. The molecule has 4 heteroatoms. The van der Waals surface area contributed by atoms with Crippen LogP contribution in [0, 0.1) is 12.8 Å². The van der Waals surface area contributed by atoms with E-state index in [2.05, 4.69) is 0 Å². The average molecular weight is 285 g/mol. The zero-order valence-corrected chi connectivity index (χ0v) is 12.1. The van der Waals surface area contributed by atoms with Crippen LogP contribution in [0.5, 0.6) is 0 Å². The number of hydrogen-bond acceptors (Lipinski definition) is 2. The van der Waals surface area contributed by atoms with Crippen molar-refractivity contribution in [2.24, 2.45) is 5.92 Å². The molecule has 0 radical (unpaired) electrons. The molecule has 2 unspecified atom stereocenters. The first-order chi connectivity index (χ1) is 10.0. The van der Waals surface area contributed by atoms with Gasteiger partial charge in [0, 0.05) is 24.2 Å². The van der Waals surface area contributed by atoms with Crippen LogP contribution in [-0.2, 0) is 4.79 Å². The number of piperidine rings is 1. The zero-order chi connectivity index (χ0) is 15.0. The first-order valence-electron chi connectivity index (χ1n) is 7.37. The fourth-order valence-electron chi connectivity index (χ4n) is 3.45. The predicted molar refractivity (Wildman–Crippen MR) is 80.0 cm³/mol. The highest BCUT2D eigenvalue weighted by molar-refractivity contribution is 5.96. The lowest BCUT2D eigenvalue weighted by atomic mass is 10.0. The summed E-state index contributed by atoms with van der Waals surface area (Å²) in [7, 11) is 0. The first kappa shape index (κ1) is 13.9. The van der Waals surface area contributed by atoms with Crippen molar-refractivity contribution in [3.63, 3.8) is 0 Å². The van der Waals surface area contributed by atoms with Crippen molar-refractivity contribution in [1.82, 2.24) is 4.90 Å². The van der Waals surface area contributed by atoms with Gasteiger partial charge in [-0.1, -0.05) is 6.07 Å². The monoisotopic (exact) mass is 285 g/mol. The van der Waals surface area contributed by atoms with E-state index in [0.717, 1.165) is 36.6 Å². The second kappa shape index (κ2) is 5.35. The maximum atomic E-state index is 12.6. The Morgan fingerprint density at radius 2 is 2.14 bits per heavy atom. The molecular formula is C17H19NO3. The first-order valence-corrected chi connectivity index (χ1v) is 7.37. The average Bonchev–Trinajstić information content (AvgIpc) is 3.08. The summed E-state index contributed by atoms with van der Waals surface area (Å²) in [5.41, 5.74) is 2.40. The second-order valence-electron chi connectivity index (χ2n) is 6.03. The summed E-state index contributed by atoms with van der Waals surface area (Å²) in [5.74, 6) is -0.231. The number of amides is 1. The number of benzene rings is 1. The number of carbonyl (C=O) groups excluding carboxylic acids is 1. The predicted octanol–water partition coefficient (Wildman–Crippen LogP) is 2.72. The normalized spacial score (nSPS) is 24.0. The molecule has 3 rings (SSSR count). The minimum atomic E-state index is -0.983. The Bertz CT molecular complexity index is 620. The molecule has 2 atom stereocenters. The van der Waals surface area contributed by atoms with Gasteiger partial charge in [-0.25, -0.2) is 4.79 Å². The molecule has 2 bridgehead atoms. The molecule has 1 aromatic carbocycles. The molecule has 0 spiro atoms. The van der Waals surface area contributed by atoms with Crippen LogP contribution in [0.3, 0.4) is 0 Å². The quantitative estimate of drug-likeness (QED) is 0.869. The van der Waals surface area contributed by atoms with Crippen LogP contribution in [0.1, 0.15) is 40.7 Å². The summed E-state index contributed by atoms with van der Waals surface area (Å²) in [6.45, 7) is 2.78. The summed E-state index contributed by atoms with van der Waals surface area (Å²) in [5, 5.41) is 8.73. The van der Waals surface area contributed by atoms with Gasteiger partial charge in [0.05, 0.1) is 0 Å². The van der Waals surface area contributed by atoms with Gasteiger partial charge in [-0.05, 0) is 61.4 Å². The van der Waals surface area contributed by atoms with E-state index in [1.807, 2.05) is 24.0 Å². The SMILES string of the molecule is Cc1ccc(C(=O)N2CC3CCC2C3)cc1/C=C/C(=O)O. The molecule has 1 aromatic rings. The van der Waals surface area contributed by atoms with E-state index in [1.54, 1.807) is 12.1 Å². The van der Waals surface area contributed by atoms with Gasteiger partial charge in [-0.15, -0.1) is 0 Å². The molecule has 1 aliphatic heterocycles. The van der Waals surface area contributed by atoms with Crippen LogP contribution in [0.25, 0.3) is 6.08 Å². The molecule has 21 heavy (non-hydrogen) atoms. The number of nitrogens with zero attached hydrogens (tertiary/aromatic N) is 1. The standard InChI is InChI=1S/C17H19NO3/c1-11-2-4-14(9-13(11)5-7-16(19)20)17(21)18-10-12-3-6-15(18)8-12/h2,4-5,7,9,12,15H,3,6,8,10H2,1H3,(H,19,20)/b7-5+. The fourth-order valence-corrected chi connectivity index (χ4v) is 3.45. The Balaban J connectivity index is 1.83. The van der Waals surface area contributed by atoms with Crippen LogP contribution < -0.4 is 0 Å². The highest BCUT2D eigenvalue weighted by Crippen LogP contribution is 2.38. The van der Waals surface area contributed by atoms with E-state index >= 15 is 0 Å². The Morgan fingerprint density at radius 1 is 1.33 bits per heavy atom. The number of fused-ring (bicyclic) bond motifs is 2. The van der Waals surface area contributed by atoms with Gasteiger partial charge < -0.3 is 10.0 Å². The minimum Gasteiger partial charge on any atom is -0.478 e. The third-order valence-corrected chi connectivity index (χ3v) is 4.60. The van der Waals surface area contributed by atoms with Gasteiger partial charge in [0.15, 0.2) is 0 Å². The molecular weight excluding hydrogens is 266 g/mol. The Hall–Kier alpha value is -2.10. The number of carboxylic acid groups (broad SMARTS) is 1. The van der Waals surface area contributed by atoms with Crippen molar-refractivity contribution >= 4 is 18.0 Å². The zero-order valence-electron chi connectivity index (χ0n) is 12.1. The number of hydrogen-bond donors (Lipinski definition) is 1. The maximum absolute atomic E-state index is 12.6. The number of likely N-dealkylation sites (tertiary alicyclic amines) is 1. The summed E-state index contributed by atoms with van der Waals surface area (Å²) in [6.07, 6.45) is 6.16. The molecule has 2 aliphatic rings. The second-order valence-corrected chi connectivity index (χ2v) is 6.03. The lowest BCUT2D eigenvalue weighted by Crippen LogP contribution is -2.37. The van der Waals surface area contributed by atoms with Gasteiger partial charge in [-0.2, -0.15) is 0 Å². The fraction of sp³-hybridized carbons (Fsp3) is 0.412. The Kier molecular flexibility index (Phi) is 3.53. The minimum absolute atomic E-state index is 0.0761. The van der Waals surface area contributed by atoms with Crippen LogP contribution in [0.4, 0.5) is 0 Å². The number of aliphatic carboxylic acids is 1. The third-order valence-electron chi connectivity index (χ3n) is 4.60. The van der Waals surface area contributed by atoms with Crippen molar-refractivity contribution in [2.75, 3.05) is 6.54 Å². The number of aryl methyl sites for hydroxylation is 1. The van der Waals surface area contributed by atoms with Gasteiger partial charge in [0.1, 0.15) is 0 Å². The topological polar surface area (TPSA) is 57.6 Å². The summed E-state index contributed by atoms with van der Waals surface area (Å²) >= 11 is 0. The smallest absolute Gasteiger partial charge is 0.328 e. The number of rotatable bonds is 3. The molecule has 1 amide bonds. The molecule has 1 saturated carbocycles. The van der Waals surface area contributed by atoms with E-state index in [0.29, 0.717) is 17.5 Å². The van der Waals surface area contributed by atoms with Gasteiger partial charge in [0.25, 0.3) is 5.91 Å². The van der Waals surface area contributed by atoms with E-state index < -0.39 is 5.97 Å². The summed E-state index contributed by atoms with van der Waals surface area (Å²) < 4.78 is 0. The van der Waals surface area contributed by atoms with Gasteiger partial charge >= 0.3 is 5.97 Å². The van der Waals surface area contributed by atoms with Crippen LogP contribution in [-0.4, -0.2) is 34.5 Å². The molecule has 4 nitrogen and oxygen atoms in total. The molecule has 0 aromatic heterocycles. The van der Waals surface area contributed by atoms with Crippen molar-refractivity contribution in [3.05, 3.63) is 41.0 Å². The van der Waals surface area contributed by atoms with Crippen LogP contribution in [0.15, 0.2) is 24.3 Å². The molecule has 2 fully saturated rings. The van der Waals surface area contributed by atoms with E-state index in [4.69, 9.17) is 5.11 Å². The lowest BCUT2D eigenvalue weighted by molar-refractivity contribution is -0.131. The van der Waals surface area contributed by atoms with Crippen molar-refractivity contribution in [1.29, 1.82) is 0 Å². The van der Waals surface area contributed by atoms with Gasteiger partial charge in [-0.3, -0.25) is 4.79 Å². The molecule has 1 aliphatic carbocycles. The summed E-state index contributed by atoms with van der Waals surface area (Å²) in [6, 6.07) is 5.91. The third kappa shape index (κ3) is 2.71. The molecule has 1 heterocycles.